The van der Waals surface area contributed by atoms with Crippen LogP contribution in [0.3, 0.4) is 0 Å². The predicted octanol–water partition coefficient (Wildman–Crippen LogP) is 2.25. The number of hydrogen-bond acceptors (Lipinski definition) is 2. The van der Waals surface area contributed by atoms with Crippen LogP contribution in [0.25, 0.3) is 10.9 Å². The Morgan fingerprint density at radius 2 is 2.10 bits per heavy atom. The van der Waals surface area contributed by atoms with E-state index in [0.717, 1.165) is 23.7 Å². The smallest absolute Gasteiger partial charge is 0.326 e. The van der Waals surface area contributed by atoms with Gasteiger partial charge in [-0.3, -0.25) is 4.79 Å². The monoisotopic (exact) mass is 272 g/mol. The minimum atomic E-state index is -0.920. The number of para-hydroxylation sites is 1. The van der Waals surface area contributed by atoms with Crippen molar-refractivity contribution in [1.29, 1.82) is 0 Å². The van der Waals surface area contributed by atoms with E-state index >= 15 is 0 Å². The number of piperidine rings is 1. The summed E-state index contributed by atoms with van der Waals surface area (Å²) in [5, 5.41) is 10.2. The van der Waals surface area contributed by atoms with Gasteiger partial charge in [-0.2, -0.15) is 0 Å². The minimum Gasteiger partial charge on any atom is -0.480 e. The minimum absolute atomic E-state index is 0.204. The summed E-state index contributed by atoms with van der Waals surface area (Å²) in [6, 6.07) is 6.68. The Morgan fingerprint density at radius 1 is 1.25 bits per heavy atom. The topological polar surface area (TPSA) is 73.4 Å². The van der Waals surface area contributed by atoms with Crippen LogP contribution in [0.1, 0.15) is 29.6 Å². The zero-order chi connectivity index (χ0) is 14.1. The van der Waals surface area contributed by atoms with Crippen LogP contribution in [-0.4, -0.2) is 39.5 Å². The van der Waals surface area contributed by atoms with Gasteiger partial charge in [0.1, 0.15) is 6.04 Å². The number of nitrogens with zero attached hydrogens (tertiary/aromatic N) is 1. The first-order chi connectivity index (χ1) is 9.68. The number of amides is 1. The van der Waals surface area contributed by atoms with Crippen LogP contribution in [0.5, 0.6) is 0 Å². The lowest BCUT2D eigenvalue weighted by atomic mass is 10.0. The summed E-state index contributed by atoms with van der Waals surface area (Å²) in [6.07, 6.45) is 4.03. The fraction of sp³-hybridized carbons (Fsp3) is 0.333. The first-order valence-electron chi connectivity index (χ1n) is 6.78. The summed E-state index contributed by atoms with van der Waals surface area (Å²) in [7, 11) is 0. The number of fused-ring (bicyclic) bond motifs is 1. The van der Waals surface area contributed by atoms with Crippen molar-refractivity contribution < 1.29 is 14.7 Å². The number of rotatable bonds is 2. The van der Waals surface area contributed by atoms with E-state index in [1.807, 2.05) is 18.2 Å². The zero-order valence-electron chi connectivity index (χ0n) is 11.0. The van der Waals surface area contributed by atoms with Crippen LogP contribution in [0.4, 0.5) is 0 Å². The molecule has 5 nitrogen and oxygen atoms in total. The van der Waals surface area contributed by atoms with Crippen molar-refractivity contribution in [2.24, 2.45) is 0 Å². The van der Waals surface area contributed by atoms with Crippen LogP contribution in [0.2, 0.25) is 0 Å². The second-order valence-electron chi connectivity index (χ2n) is 5.10. The summed E-state index contributed by atoms with van der Waals surface area (Å²) in [6.45, 7) is 0.507. The number of nitrogens with one attached hydrogen (secondary N) is 1. The van der Waals surface area contributed by atoms with Crippen molar-refractivity contribution in [2.75, 3.05) is 6.54 Å². The van der Waals surface area contributed by atoms with Crippen LogP contribution in [0, 0.1) is 0 Å². The van der Waals surface area contributed by atoms with E-state index in [0.29, 0.717) is 18.5 Å². The Morgan fingerprint density at radius 3 is 2.90 bits per heavy atom. The predicted molar refractivity (Wildman–Crippen MR) is 74.6 cm³/mol. The molecule has 1 aliphatic rings. The highest BCUT2D eigenvalue weighted by atomic mass is 16.4. The molecule has 1 unspecified atom stereocenters. The Balaban J connectivity index is 1.98. The molecule has 1 fully saturated rings. The number of carboxylic acids is 1. The van der Waals surface area contributed by atoms with Crippen molar-refractivity contribution in [2.45, 2.75) is 25.3 Å². The lowest BCUT2D eigenvalue weighted by Gasteiger charge is -2.33. The molecule has 0 bridgehead atoms. The number of H-pyrrole nitrogens is 1. The Kier molecular flexibility index (Phi) is 3.18. The SMILES string of the molecule is O=C(O)C1CCCCN1C(=O)c1cccc2cc[nH]c12. The first-order valence-corrected chi connectivity index (χ1v) is 6.78. The summed E-state index contributed by atoms with van der Waals surface area (Å²) in [4.78, 5) is 28.5. The molecule has 2 N–H and O–H groups in total. The highest BCUT2D eigenvalue weighted by Crippen LogP contribution is 2.23. The third-order valence-electron chi connectivity index (χ3n) is 3.87. The van der Waals surface area contributed by atoms with E-state index in [9.17, 15) is 14.7 Å². The van der Waals surface area contributed by atoms with Gasteiger partial charge < -0.3 is 15.0 Å². The highest BCUT2D eigenvalue weighted by Gasteiger charge is 2.33. The zero-order valence-corrected chi connectivity index (χ0v) is 11.0. The average Bonchev–Trinajstić information content (AvgIpc) is 2.94. The molecule has 1 aliphatic heterocycles. The second kappa shape index (κ2) is 5.00. The van der Waals surface area contributed by atoms with Gasteiger partial charge in [-0.05, 0) is 31.4 Å². The molecular formula is C15H16N2O3. The molecule has 1 saturated heterocycles. The van der Waals surface area contributed by atoms with E-state index in [1.54, 1.807) is 12.3 Å². The number of likely N-dealkylation sites (tertiary alicyclic amines) is 1. The van der Waals surface area contributed by atoms with Gasteiger partial charge in [0.2, 0.25) is 0 Å². The van der Waals surface area contributed by atoms with Gasteiger partial charge in [0.15, 0.2) is 0 Å². The molecule has 3 rings (SSSR count). The summed E-state index contributed by atoms with van der Waals surface area (Å²) in [5.74, 6) is -1.12. The summed E-state index contributed by atoms with van der Waals surface area (Å²) >= 11 is 0. The Bertz CT molecular complexity index is 662. The number of aromatic nitrogens is 1. The third kappa shape index (κ3) is 2.05. The maximum atomic E-state index is 12.7. The summed E-state index contributed by atoms with van der Waals surface area (Å²) < 4.78 is 0. The number of carbonyl (C=O) groups is 2. The van der Waals surface area contributed by atoms with Gasteiger partial charge in [0, 0.05) is 18.1 Å². The van der Waals surface area contributed by atoms with Gasteiger partial charge in [-0.25, -0.2) is 4.79 Å². The molecule has 5 heteroatoms. The number of benzene rings is 1. The summed E-state index contributed by atoms with van der Waals surface area (Å²) in [5.41, 5.74) is 1.31. The van der Waals surface area contributed by atoms with Gasteiger partial charge in [-0.15, -0.1) is 0 Å². The largest absolute Gasteiger partial charge is 0.480 e. The normalized spacial score (nSPS) is 19.2. The van der Waals surface area contributed by atoms with E-state index in [4.69, 9.17) is 0 Å². The van der Waals surface area contributed by atoms with E-state index < -0.39 is 12.0 Å². The maximum Gasteiger partial charge on any atom is 0.326 e. The van der Waals surface area contributed by atoms with Gasteiger partial charge >= 0.3 is 5.97 Å². The van der Waals surface area contributed by atoms with Crippen LogP contribution < -0.4 is 0 Å². The quantitative estimate of drug-likeness (QED) is 0.880. The number of carboxylic acid groups (broad SMARTS) is 1. The molecule has 1 atom stereocenters. The molecule has 0 aliphatic carbocycles. The molecule has 1 aromatic heterocycles. The van der Waals surface area contributed by atoms with E-state index in [-0.39, 0.29) is 5.91 Å². The fourth-order valence-electron chi connectivity index (χ4n) is 2.85. The molecule has 0 saturated carbocycles. The van der Waals surface area contributed by atoms with Gasteiger partial charge in [-0.1, -0.05) is 12.1 Å². The van der Waals surface area contributed by atoms with Crippen molar-refractivity contribution in [3.63, 3.8) is 0 Å². The van der Waals surface area contributed by atoms with Crippen molar-refractivity contribution >= 4 is 22.8 Å². The number of carbonyl (C=O) groups excluding carboxylic acids is 1. The van der Waals surface area contributed by atoms with E-state index in [2.05, 4.69) is 4.98 Å². The number of aliphatic carboxylic acids is 1. The number of aromatic amines is 1. The first kappa shape index (κ1) is 12.7. The molecule has 0 spiro atoms. The molecule has 1 amide bonds. The third-order valence-corrected chi connectivity index (χ3v) is 3.87. The van der Waals surface area contributed by atoms with Crippen molar-refractivity contribution in [1.82, 2.24) is 9.88 Å². The van der Waals surface area contributed by atoms with Crippen molar-refractivity contribution in [3.05, 3.63) is 36.0 Å². The van der Waals surface area contributed by atoms with Crippen molar-refractivity contribution in [3.8, 4) is 0 Å². The lowest BCUT2D eigenvalue weighted by Crippen LogP contribution is -2.48. The standard InChI is InChI=1S/C15H16N2O3/c18-14(17-9-2-1-6-12(17)15(19)20)11-5-3-4-10-7-8-16-13(10)11/h3-5,7-8,12,16H,1-2,6,9H2,(H,19,20). The van der Waals surface area contributed by atoms with Gasteiger partial charge in [0.05, 0.1) is 11.1 Å². The Labute approximate surface area is 116 Å². The molecule has 0 radical (unpaired) electrons. The fourth-order valence-corrected chi connectivity index (χ4v) is 2.85. The van der Waals surface area contributed by atoms with Crippen LogP contribution in [-0.2, 0) is 4.79 Å². The second-order valence-corrected chi connectivity index (χ2v) is 5.10. The van der Waals surface area contributed by atoms with Gasteiger partial charge in [0.25, 0.3) is 5.91 Å². The lowest BCUT2D eigenvalue weighted by molar-refractivity contribution is -0.143. The maximum absolute atomic E-state index is 12.7. The average molecular weight is 272 g/mol. The van der Waals surface area contributed by atoms with E-state index in [1.165, 1.54) is 4.90 Å². The molecule has 104 valence electrons. The molecule has 2 aromatic rings. The molecule has 2 heterocycles. The Hall–Kier alpha value is -2.30. The molecule has 20 heavy (non-hydrogen) atoms. The van der Waals surface area contributed by atoms with Crippen LogP contribution >= 0.6 is 0 Å². The molecule has 1 aromatic carbocycles. The molecular weight excluding hydrogens is 256 g/mol. The van der Waals surface area contributed by atoms with Crippen LogP contribution in [0.15, 0.2) is 30.5 Å². The number of hydrogen-bond donors (Lipinski definition) is 2. The highest BCUT2D eigenvalue weighted by molar-refractivity contribution is 6.06.